The van der Waals surface area contributed by atoms with E-state index in [1.165, 1.54) is 6.33 Å². The molecule has 0 radical (unpaired) electrons. The lowest BCUT2D eigenvalue weighted by Crippen LogP contribution is -2.02. The van der Waals surface area contributed by atoms with Gasteiger partial charge < -0.3 is 15.1 Å². The zero-order chi connectivity index (χ0) is 18.1. The van der Waals surface area contributed by atoms with E-state index in [-0.39, 0.29) is 0 Å². The number of furan rings is 1. The van der Waals surface area contributed by atoms with Crippen molar-refractivity contribution < 1.29 is 4.42 Å². The van der Waals surface area contributed by atoms with E-state index in [0.29, 0.717) is 23.5 Å². The predicted octanol–water partition coefficient (Wildman–Crippen LogP) is 3.95. The maximum Gasteiger partial charge on any atom is 0.233 e. The summed E-state index contributed by atoms with van der Waals surface area (Å²) in [6, 6.07) is 11.4. The number of thiazole rings is 1. The van der Waals surface area contributed by atoms with E-state index < -0.39 is 0 Å². The van der Waals surface area contributed by atoms with Crippen LogP contribution < -0.4 is 10.6 Å². The molecule has 0 aliphatic heterocycles. The molecular formula is C17H12N8OS. The van der Waals surface area contributed by atoms with Crippen LogP contribution in [0.5, 0.6) is 0 Å². The van der Waals surface area contributed by atoms with Gasteiger partial charge in [-0.25, -0.2) is 15.0 Å². The zero-order valence-electron chi connectivity index (χ0n) is 13.7. The Balaban J connectivity index is 1.34. The topological polar surface area (TPSA) is 117 Å². The number of H-pyrrole nitrogens is 1. The Labute approximate surface area is 156 Å². The van der Waals surface area contributed by atoms with Crippen molar-refractivity contribution in [3.8, 4) is 11.5 Å². The number of fused-ring (bicyclic) bond motifs is 1. The second-order valence-corrected chi connectivity index (χ2v) is 6.45. The van der Waals surface area contributed by atoms with Crippen molar-refractivity contribution >= 4 is 45.0 Å². The van der Waals surface area contributed by atoms with Crippen LogP contribution in [0.4, 0.5) is 23.4 Å². The fourth-order valence-corrected chi connectivity index (χ4v) is 3.25. The first kappa shape index (κ1) is 15.5. The van der Waals surface area contributed by atoms with Gasteiger partial charge in [0.1, 0.15) is 12.0 Å². The molecule has 5 rings (SSSR count). The zero-order valence-corrected chi connectivity index (χ0v) is 14.6. The molecule has 10 heteroatoms. The third kappa shape index (κ3) is 3.20. The SMILES string of the molecule is c1coc(-c2cc(Nc3ncnc(Nc4ccc5ncsc5c4)n3)n[nH]2)c1. The molecule has 0 aliphatic rings. The van der Waals surface area contributed by atoms with Crippen molar-refractivity contribution in [3.05, 3.63) is 54.5 Å². The fourth-order valence-electron chi connectivity index (χ4n) is 2.54. The van der Waals surface area contributed by atoms with Crippen molar-refractivity contribution in [2.45, 2.75) is 0 Å². The van der Waals surface area contributed by atoms with Crippen molar-refractivity contribution in [1.29, 1.82) is 0 Å². The molecule has 0 unspecified atom stereocenters. The quantitative estimate of drug-likeness (QED) is 0.422. The molecular weight excluding hydrogens is 364 g/mol. The summed E-state index contributed by atoms with van der Waals surface area (Å²) in [5.41, 5.74) is 4.42. The minimum Gasteiger partial charge on any atom is -0.463 e. The molecule has 27 heavy (non-hydrogen) atoms. The highest BCUT2D eigenvalue weighted by Gasteiger charge is 2.08. The molecule has 0 aliphatic carbocycles. The monoisotopic (exact) mass is 376 g/mol. The molecule has 0 bridgehead atoms. The van der Waals surface area contributed by atoms with Crippen LogP contribution in [0.2, 0.25) is 0 Å². The summed E-state index contributed by atoms with van der Waals surface area (Å²) in [6.07, 6.45) is 3.04. The Morgan fingerprint density at radius 3 is 2.81 bits per heavy atom. The van der Waals surface area contributed by atoms with Gasteiger partial charge >= 0.3 is 0 Å². The van der Waals surface area contributed by atoms with Crippen LogP contribution >= 0.6 is 11.3 Å². The number of nitrogens with one attached hydrogen (secondary N) is 3. The van der Waals surface area contributed by atoms with E-state index >= 15 is 0 Å². The molecule has 5 aromatic rings. The molecule has 3 N–H and O–H groups in total. The minimum atomic E-state index is 0.379. The van der Waals surface area contributed by atoms with Crippen LogP contribution in [-0.2, 0) is 0 Å². The Morgan fingerprint density at radius 2 is 1.93 bits per heavy atom. The maximum atomic E-state index is 5.34. The number of rotatable bonds is 5. The van der Waals surface area contributed by atoms with E-state index in [1.807, 2.05) is 41.9 Å². The van der Waals surface area contributed by atoms with E-state index in [1.54, 1.807) is 17.6 Å². The largest absolute Gasteiger partial charge is 0.463 e. The van der Waals surface area contributed by atoms with Crippen LogP contribution in [0.1, 0.15) is 0 Å². The molecule has 0 saturated heterocycles. The van der Waals surface area contributed by atoms with Crippen LogP contribution in [-0.4, -0.2) is 30.1 Å². The van der Waals surface area contributed by atoms with Crippen molar-refractivity contribution in [2.75, 3.05) is 10.6 Å². The summed E-state index contributed by atoms with van der Waals surface area (Å²) in [4.78, 5) is 16.9. The van der Waals surface area contributed by atoms with Crippen LogP contribution in [0.3, 0.4) is 0 Å². The lowest BCUT2D eigenvalue weighted by Gasteiger charge is -2.06. The van der Waals surface area contributed by atoms with Gasteiger partial charge in [-0.3, -0.25) is 5.10 Å². The molecule has 0 fully saturated rings. The van der Waals surface area contributed by atoms with Gasteiger partial charge in [0.2, 0.25) is 11.9 Å². The fraction of sp³-hybridized carbons (Fsp3) is 0. The first-order valence-corrected chi connectivity index (χ1v) is 8.87. The molecule has 0 atom stereocenters. The number of nitrogens with zero attached hydrogens (tertiary/aromatic N) is 5. The third-order valence-corrected chi connectivity index (χ3v) is 4.56. The van der Waals surface area contributed by atoms with E-state index in [4.69, 9.17) is 4.42 Å². The van der Waals surface area contributed by atoms with Gasteiger partial charge in [0, 0.05) is 11.8 Å². The van der Waals surface area contributed by atoms with Gasteiger partial charge in [-0.15, -0.1) is 11.3 Å². The third-order valence-electron chi connectivity index (χ3n) is 3.76. The van der Waals surface area contributed by atoms with E-state index in [0.717, 1.165) is 21.6 Å². The molecule has 0 amide bonds. The van der Waals surface area contributed by atoms with Crippen LogP contribution in [0.15, 0.2) is 58.9 Å². The van der Waals surface area contributed by atoms with Gasteiger partial charge in [-0.2, -0.15) is 10.1 Å². The lowest BCUT2D eigenvalue weighted by atomic mass is 10.3. The molecule has 0 spiro atoms. The molecule has 9 nitrogen and oxygen atoms in total. The van der Waals surface area contributed by atoms with Crippen molar-refractivity contribution in [1.82, 2.24) is 30.1 Å². The average Bonchev–Trinajstić information content (AvgIpc) is 3.43. The van der Waals surface area contributed by atoms with Gasteiger partial charge in [0.05, 0.1) is 22.0 Å². The summed E-state index contributed by atoms with van der Waals surface area (Å²) < 4.78 is 6.43. The number of anilines is 4. The molecule has 4 aromatic heterocycles. The van der Waals surface area contributed by atoms with Gasteiger partial charge in [-0.05, 0) is 30.3 Å². The van der Waals surface area contributed by atoms with Crippen LogP contribution in [0.25, 0.3) is 21.7 Å². The maximum absolute atomic E-state index is 5.34. The summed E-state index contributed by atoms with van der Waals surface area (Å²) in [6.45, 7) is 0. The summed E-state index contributed by atoms with van der Waals surface area (Å²) in [7, 11) is 0. The standard InChI is InChI=1S/C17H12N8OS/c1-2-13(26-5-1)12-7-15(25-24-12)22-17-19-8-18-16(23-17)21-10-3-4-11-14(6-10)27-9-20-11/h1-9H,(H3,18,19,21,22,23,24,25). The Hall–Kier alpha value is -3.79. The number of aromatic nitrogens is 6. The first-order chi connectivity index (χ1) is 13.3. The van der Waals surface area contributed by atoms with Crippen molar-refractivity contribution in [3.63, 3.8) is 0 Å². The Morgan fingerprint density at radius 1 is 1.00 bits per heavy atom. The average molecular weight is 376 g/mol. The molecule has 0 saturated carbocycles. The predicted molar refractivity (Wildman–Crippen MR) is 102 cm³/mol. The summed E-state index contributed by atoms with van der Waals surface area (Å²) in [5, 5.41) is 13.3. The second-order valence-electron chi connectivity index (χ2n) is 5.56. The number of benzene rings is 1. The van der Waals surface area contributed by atoms with E-state index in [9.17, 15) is 0 Å². The molecule has 1 aromatic carbocycles. The molecule has 4 heterocycles. The number of hydrogen-bond donors (Lipinski definition) is 3. The normalized spacial score (nSPS) is 11.0. The molecule has 132 valence electrons. The smallest absolute Gasteiger partial charge is 0.233 e. The van der Waals surface area contributed by atoms with Crippen molar-refractivity contribution in [2.24, 2.45) is 0 Å². The number of aromatic amines is 1. The lowest BCUT2D eigenvalue weighted by molar-refractivity contribution is 0.580. The Kier molecular flexibility index (Phi) is 3.72. The highest BCUT2D eigenvalue weighted by molar-refractivity contribution is 7.16. The Bertz CT molecular complexity index is 1200. The minimum absolute atomic E-state index is 0.379. The van der Waals surface area contributed by atoms with Gasteiger partial charge in [-0.1, -0.05) is 0 Å². The van der Waals surface area contributed by atoms with Crippen LogP contribution in [0, 0.1) is 0 Å². The second kappa shape index (κ2) is 6.50. The highest BCUT2D eigenvalue weighted by atomic mass is 32.1. The first-order valence-electron chi connectivity index (χ1n) is 7.99. The van der Waals surface area contributed by atoms with E-state index in [2.05, 4.69) is 40.8 Å². The summed E-state index contributed by atoms with van der Waals surface area (Å²) >= 11 is 1.58. The number of hydrogen-bond acceptors (Lipinski definition) is 9. The van der Waals surface area contributed by atoms with Gasteiger partial charge in [0.25, 0.3) is 0 Å². The highest BCUT2D eigenvalue weighted by Crippen LogP contribution is 2.24. The summed E-state index contributed by atoms with van der Waals surface area (Å²) in [5.74, 6) is 2.08. The van der Waals surface area contributed by atoms with Gasteiger partial charge in [0.15, 0.2) is 11.6 Å².